The van der Waals surface area contributed by atoms with Crippen molar-refractivity contribution in [2.45, 2.75) is 87.1 Å². The summed E-state index contributed by atoms with van der Waals surface area (Å²) in [7, 11) is 3.29. The molecule has 0 aromatic carbocycles. The number of aliphatic hydroxyl groups excluding tert-OH is 2. The van der Waals surface area contributed by atoms with Crippen molar-refractivity contribution >= 4 is 0 Å². The van der Waals surface area contributed by atoms with Crippen LogP contribution in [0.25, 0.3) is 0 Å². The van der Waals surface area contributed by atoms with Crippen molar-refractivity contribution in [1.82, 2.24) is 20.9 Å². The van der Waals surface area contributed by atoms with Crippen molar-refractivity contribution in [2.24, 2.45) is 0 Å². The molecule has 3 fully saturated rings. The number of aromatic nitrogens is 1. The lowest BCUT2D eigenvalue weighted by molar-refractivity contribution is -0.482. The summed E-state index contributed by atoms with van der Waals surface area (Å²) in [5, 5.41) is 53.9. The first-order chi connectivity index (χ1) is 15.6. The molecule has 1 aromatic heterocycles. The number of fused-ring (bicyclic) bond motifs is 2. The summed E-state index contributed by atoms with van der Waals surface area (Å²) in [6.07, 6.45) is -5.66. The second-order valence-electron chi connectivity index (χ2n) is 9.38. The minimum Gasteiger partial charge on any atom is -0.390 e. The first-order valence-corrected chi connectivity index (χ1v) is 11.4. The zero-order valence-corrected chi connectivity index (χ0v) is 19.4. The molecule has 10 atom stereocenters. The molecule has 7 N–H and O–H groups in total. The van der Waals surface area contributed by atoms with Crippen LogP contribution in [0, 0.1) is 6.92 Å². The Bertz CT molecular complexity index is 834. The van der Waals surface area contributed by atoms with Gasteiger partial charge in [0.2, 0.25) is 12.1 Å². The van der Waals surface area contributed by atoms with E-state index in [0.717, 1.165) is 11.4 Å². The molecule has 3 aliphatic rings. The highest BCUT2D eigenvalue weighted by molar-refractivity contribution is 5.13. The average molecular weight is 469 g/mol. The van der Waals surface area contributed by atoms with Gasteiger partial charge >= 0.3 is 0 Å². The predicted octanol–water partition coefficient (Wildman–Crippen LogP) is -2.27. The fourth-order valence-electron chi connectivity index (χ4n) is 5.32. The summed E-state index contributed by atoms with van der Waals surface area (Å²) in [6.45, 7) is 4.04. The maximum absolute atomic E-state index is 11.6. The van der Waals surface area contributed by atoms with Crippen LogP contribution >= 0.6 is 0 Å². The van der Waals surface area contributed by atoms with Crippen molar-refractivity contribution in [3.05, 3.63) is 29.6 Å². The third-order valence-electron chi connectivity index (χ3n) is 7.02. The van der Waals surface area contributed by atoms with Gasteiger partial charge in [0, 0.05) is 25.2 Å². The van der Waals surface area contributed by atoms with Crippen molar-refractivity contribution in [3.8, 4) is 0 Å². The fraction of sp³-hybridized carbons (Fsp3) is 0.773. The Labute approximate surface area is 193 Å². The highest BCUT2D eigenvalue weighted by Gasteiger charge is 2.68. The third-order valence-corrected chi connectivity index (χ3v) is 7.02. The van der Waals surface area contributed by atoms with Gasteiger partial charge in [0.1, 0.15) is 23.9 Å². The number of hydrogen-bond donors (Lipinski definition) is 7. The maximum atomic E-state index is 11.6. The minimum atomic E-state index is -2.23. The van der Waals surface area contributed by atoms with Crippen molar-refractivity contribution in [1.29, 1.82) is 0 Å². The molecule has 1 aromatic rings. The third kappa shape index (κ3) is 4.31. The first-order valence-electron chi connectivity index (χ1n) is 11.4. The van der Waals surface area contributed by atoms with Crippen LogP contribution in [0.4, 0.5) is 0 Å². The highest BCUT2D eigenvalue weighted by atomic mass is 16.8. The molecule has 11 heteroatoms. The van der Waals surface area contributed by atoms with Crippen LogP contribution in [-0.2, 0) is 20.8 Å². The topological polar surface area (TPSA) is 158 Å². The van der Waals surface area contributed by atoms with E-state index >= 15 is 0 Å². The molecular weight excluding hydrogens is 432 g/mol. The standard InChI is InChI=1S/C22H36N4O7/c1-11-6-5-7-13(26-11)9-25-10-21(29)8-12(2)31-20-22(21,30)33-18-15(24-4)16(27)14(23-3)17(28)19(18)32-20/h5-7,12,14-20,23-25,27-30H,8-10H2,1-4H3. The number of hydrogen-bond acceptors (Lipinski definition) is 11. The second-order valence-corrected chi connectivity index (χ2v) is 9.38. The zero-order chi connectivity index (χ0) is 24.0. The molecule has 0 spiro atoms. The molecule has 0 amide bonds. The van der Waals surface area contributed by atoms with Gasteiger partial charge in [-0.05, 0) is 40.1 Å². The van der Waals surface area contributed by atoms with E-state index in [4.69, 9.17) is 14.2 Å². The predicted molar refractivity (Wildman–Crippen MR) is 117 cm³/mol. The van der Waals surface area contributed by atoms with Gasteiger partial charge in [-0.1, -0.05) is 6.07 Å². The molecule has 11 nitrogen and oxygen atoms in total. The van der Waals surface area contributed by atoms with Gasteiger partial charge in [0.15, 0.2) is 0 Å². The van der Waals surface area contributed by atoms with Crippen molar-refractivity contribution in [3.63, 3.8) is 0 Å². The van der Waals surface area contributed by atoms with Crippen molar-refractivity contribution < 1.29 is 34.6 Å². The molecule has 4 rings (SSSR count). The van der Waals surface area contributed by atoms with E-state index in [0.29, 0.717) is 6.54 Å². The van der Waals surface area contributed by atoms with E-state index in [9.17, 15) is 20.4 Å². The van der Waals surface area contributed by atoms with Gasteiger partial charge in [0.25, 0.3) is 0 Å². The van der Waals surface area contributed by atoms with Crippen LogP contribution in [0.5, 0.6) is 0 Å². The van der Waals surface area contributed by atoms with Gasteiger partial charge in [0.05, 0.1) is 30.0 Å². The molecule has 1 aliphatic carbocycles. The second kappa shape index (κ2) is 9.42. The summed E-state index contributed by atoms with van der Waals surface area (Å²) in [6, 6.07) is 4.33. The summed E-state index contributed by atoms with van der Waals surface area (Å²) < 4.78 is 17.9. The zero-order valence-electron chi connectivity index (χ0n) is 19.4. The van der Waals surface area contributed by atoms with E-state index < -0.39 is 60.3 Å². The average Bonchev–Trinajstić information content (AvgIpc) is 2.75. The van der Waals surface area contributed by atoms with E-state index in [1.54, 1.807) is 21.0 Å². The quantitative estimate of drug-likeness (QED) is 0.241. The number of likely N-dealkylation sites (N-methyl/N-ethyl adjacent to an activating group) is 2. The maximum Gasteiger partial charge on any atom is 0.249 e. The summed E-state index contributed by atoms with van der Waals surface area (Å²) in [5.41, 5.74) is -0.0816. The highest BCUT2D eigenvalue weighted by Crippen LogP contribution is 2.46. The number of ether oxygens (including phenoxy) is 3. The number of pyridine rings is 1. The largest absolute Gasteiger partial charge is 0.390 e. The van der Waals surface area contributed by atoms with Crippen molar-refractivity contribution in [2.75, 3.05) is 20.6 Å². The lowest BCUT2D eigenvalue weighted by Crippen LogP contribution is -2.81. The number of aryl methyl sites for hydroxylation is 1. The molecule has 1 saturated carbocycles. The van der Waals surface area contributed by atoms with Gasteiger partial charge in [-0.2, -0.15) is 0 Å². The number of aliphatic hydroxyl groups is 4. The van der Waals surface area contributed by atoms with Gasteiger partial charge in [-0.25, -0.2) is 0 Å². The van der Waals surface area contributed by atoms with Gasteiger partial charge in [-0.3, -0.25) is 4.98 Å². The van der Waals surface area contributed by atoms with E-state index in [2.05, 4.69) is 20.9 Å². The molecule has 0 bridgehead atoms. The Morgan fingerprint density at radius 2 is 1.79 bits per heavy atom. The van der Waals surface area contributed by atoms with Crippen LogP contribution < -0.4 is 16.0 Å². The monoisotopic (exact) mass is 468 g/mol. The molecule has 186 valence electrons. The summed E-state index contributed by atoms with van der Waals surface area (Å²) >= 11 is 0. The van der Waals surface area contributed by atoms with E-state index in [1.807, 2.05) is 25.1 Å². The van der Waals surface area contributed by atoms with Crippen LogP contribution in [0.2, 0.25) is 0 Å². The van der Waals surface area contributed by atoms with Crippen LogP contribution in [0.3, 0.4) is 0 Å². The van der Waals surface area contributed by atoms with E-state index in [1.165, 1.54) is 0 Å². The SMILES string of the molecule is CNC1C(O)C(NC)C2OC3(O)C(OC(C)CC3(O)CNCc3cccc(C)n3)OC2C1O. The molecule has 33 heavy (non-hydrogen) atoms. The fourth-order valence-corrected chi connectivity index (χ4v) is 5.32. The Hall–Kier alpha value is -1.25. The van der Waals surface area contributed by atoms with Crippen LogP contribution in [0.1, 0.15) is 24.7 Å². The number of nitrogens with one attached hydrogen (secondary N) is 3. The summed E-state index contributed by atoms with van der Waals surface area (Å²) in [4.78, 5) is 4.44. The number of nitrogens with zero attached hydrogens (tertiary/aromatic N) is 1. The molecule has 2 aliphatic heterocycles. The molecule has 2 saturated heterocycles. The summed E-state index contributed by atoms with van der Waals surface area (Å²) in [5.74, 6) is -2.23. The van der Waals surface area contributed by atoms with Crippen LogP contribution in [-0.4, -0.2) is 106 Å². The normalized spacial score (nSPS) is 45.3. The Kier molecular flexibility index (Phi) is 7.10. The molecule has 3 heterocycles. The molecule has 10 unspecified atom stereocenters. The van der Waals surface area contributed by atoms with Crippen LogP contribution in [0.15, 0.2) is 18.2 Å². The Morgan fingerprint density at radius 3 is 2.45 bits per heavy atom. The molecule has 0 radical (unpaired) electrons. The molecular formula is C22H36N4O7. The van der Waals surface area contributed by atoms with E-state index in [-0.39, 0.29) is 13.0 Å². The Morgan fingerprint density at radius 1 is 1.06 bits per heavy atom. The van der Waals surface area contributed by atoms with Gasteiger partial charge < -0.3 is 50.6 Å². The lowest BCUT2D eigenvalue weighted by atomic mass is 9.77. The number of rotatable bonds is 6. The first kappa shape index (κ1) is 24.9. The smallest absolute Gasteiger partial charge is 0.249 e. The lowest BCUT2D eigenvalue weighted by Gasteiger charge is -2.60. The minimum absolute atomic E-state index is 0.0153. The van der Waals surface area contributed by atoms with Gasteiger partial charge in [-0.15, -0.1) is 0 Å². The Balaban J connectivity index is 1.57.